The summed E-state index contributed by atoms with van der Waals surface area (Å²) in [4.78, 5) is 12.8. The Balaban J connectivity index is 1.31. The highest BCUT2D eigenvalue weighted by Crippen LogP contribution is 2.35. The Bertz CT molecular complexity index is 1420. The lowest BCUT2D eigenvalue weighted by Gasteiger charge is -2.18. The van der Waals surface area contributed by atoms with Gasteiger partial charge in [0.15, 0.2) is 23.0 Å². The van der Waals surface area contributed by atoms with Crippen LogP contribution in [0.3, 0.4) is 0 Å². The number of hydrogen-bond acceptors (Lipinski definition) is 6. The van der Waals surface area contributed by atoms with E-state index >= 15 is 0 Å². The monoisotopic (exact) mass is 552 g/mol. The summed E-state index contributed by atoms with van der Waals surface area (Å²) in [6.07, 6.45) is 2.05. The van der Waals surface area contributed by atoms with Crippen molar-refractivity contribution in [3.05, 3.63) is 119 Å². The molecule has 0 spiro atoms. The highest BCUT2D eigenvalue weighted by atomic mass is 16.5. The second-order valence-corrected chi connectivity index (χ2v) is 10.2. The number of ether oxygens (including phenoxy) is 5. The van der Waals surface area contributed by atoms with Gasteiger partial charge in [-0.3, -0.25) is 4.79 Å². The van der Waals surface area contributed by atoms with Gasteiger partial charge in [0.05, 0.1) is 33.4 Å². The Hall–Kier alpha value is -4.45. The van der Waals surface area contributed by atoms with E-state index in [4.69, 9.17) is 23.7 Å². The molecular formula is C35H36O6. The second kappa shape index (κ2) is 13.8. The fourth-order valence-electron chi connectivity index (χ4n) is 5.19. The number of esters is 1. The maximum absolute atomic E-state index is 12.8. The average molecular weight is 553 g/mol. The van der Waals surface area contributed by atoms with Crippen molar-refractivity contribution in [2.45, 2.75) is 25.9 Å². The van der Waals surface area contributed by atoms with Crippen LogP contribution >= 0.6 is 0 Å². The van der Waals surface area contributed by atoms with E-state index in [2.05, 4.69) is 12.1 Å². The van der Waals surface area contributed by atoms with E-state index in [-0.39, 0.29) is 17.8 Å². The molecule has 1 aliphatic heterocycles. The molecule has 212 valence electrons. The van der Waals surface area contributed by atoms with E-state index in [1.807, 2.05) is 84.9 Å². The highest BCUT2D eigenvalue weighted by molar-refractivity contribution is 5.75. The molecule has 0 aliphatic carbocycles. The average Bonchev–Trinajstić information content (AvgIpc) is 3.35. The molecule has 4 aromatic rings. The van der Waals surface area contributed by atoms with Gasteiger partial charge in [-0.15, -0.1) is 0 Å². The number of benzene rings is 4. The van der Waals surface area contributed by atoms with Crippen LogP contribution in [-0.2, 0) is 35.4 Å². The van der Waals surface area contributed by atoms with Gasteiger partial charge in [-0.25, -0.2) is 0 Å². The first-order valence-electron chi connectivity index (χ1n) is 14.0. The van der Waals surface area contributed by atoms with Crippen LogP contribution in [0.4, 0.5) is 0 Å². The third-order valence-corrected chi connectivity index (χ3v) is 7.45. The van der Waals surface area contributed by atoms with E-state index in [0.29, 0.717) is 55.7 Å². The predicted molar refractivity (Wildman–Crippen MR) is 158 cm³/mol. The number of carbonyl (C=O) groups is 1. The largest absolute Gasteiger partial charge is 0.493 e. The summed E-state index contributed by atoms with van der Waals surface area (Å²) in [6.45, 7) is 1.36. The van der Waals surface area contributed by atoms with Crippen LogP contribution in [0.15, 0.2) is 97.1 Å². The number of cyclic esters (lactones) is 1. The van der Waals surface area contributed by atoms with Gasteiger partial charge in [0, 0.05) is 12.3 Å². The van der Waals surface area contributed by atoms with Gasteiger partial charge in [-0.2, -0.15) is 0 Å². The standard InChI is InChI=1S/C35H36O6/c1-37-31-15-13-27(21-33(31)38-2)19-29-24-41-35(36)30(29)20-28-14-16-32(40-23-26-11-7-4-8-12-26)34(22-28)39-18-17-25-9-5-3-6-10-25/h3-16,21-22,29-30H,17-20,23-24H2,1-2H3/t29-,30+/m0/s1. The van der Waals surface area contributed by atoms with Gasteiger partial charge in [0.2, 0.25) is 0 Å². The first kappa shape index (κ1) is 28.1. The minimum Gasteiger partial charge on any atom is -0.493 e. The van der Waals surface area contributed by atoms with Crippen molar-refractivity contribution >= 4 is 5.97 Å². The van der Waals surface area contributed by atoms with Gasteiger partial charge in [0.25, 0.3) is 0 Å². The van der Waals surface area contributed by atoms with Crippen LogP contribution in [0.1, 0.15) is 22.3 Å². The van der Waals surface area contributed by atoms with Gasteiger partial charge in [-0.05, 0) is 59.4 Å². The van der Waals surface area contributed by atoms with E-state index in [0.717, 1.165) is 23.1 Å². The molecule has 0 N–H and O–H groups in total. The van der Waals surface area contributed by atoms with Crippen LogP contribution in [0.25, 0.3) is 0 Å². The lowest BCUT2D eigenvalue weighted by atomic mass is 9.85. The van der Waals surface area contributed by atoms with Crippen LogP contribution in [0.5, 0.6) is 23.0 Å². The molecule has 1 saturated heterocycles. The van der Waals surface area contributed by atoms with E-state index < -0.39 is 0 Å². The van der Waals surface area contributed by atoms with Crippen LogP contribution < -0.4 is 18.9 Å². The molecule has 0 unspecified atom stereocenters. The zero-order valence-corrected chi connectivity index (χ0v) is 23.6. The van der Waals surface area contributed by atoms with Gasteiger partial charge < -0.3 is 23.7 Å². The molecule has 0 bridgehead atoms. The molecule has 0 aromatic heterocycles. The Morgan fingerprint density at radius 3 is 2.00 bits per heavy atom. The van der Waals surface area contributed by atoms with Crippen molar-refractivity contribution in [2.24, 2.45) is 11.8 Å². The molecule has 5 rings (SSSR count). The van der Waals surface area contributed by atoms with Gasteiger partial charge >= 0.3 is 5.97 Å². The molecule has 0 radical (unpaired) electrons. The lowest BCUT2D eigenvalue weighted by Crippen LogP contribution is -2.20. The molecule has 2 atom stereocenters. The normalized spacial score (nSPS) is 16.2. The molecule has 1 heterocycles. The zero-order valence-electron chi connectivity index (χ0n) is 23.6. The summed E-state index contributed by atoms with van der Waals surface area (Å²) < 4.78 is 28.8. The summed E-state index contributed by atoms with van der Waals surface area (Å²) in [7, 11) is 3.24. The number of hydrogen-bond donors (Lipinski definition) is 0. The van der Waals surface area contributed by atoms with E-state index in [1.165, 1.54) is 5.56 Å². The van der Waals surface area contributed by atoms with Crippen LogP contribution in [-0.4, -0.2) is 33.4 Å². The summed E-state index contributed by atoms with van der Waals surface area (Å²) in [5.74, 6) is 2.36. The third-order valence-electron chi connectivity index (χ3n) is 7.45. The lowest BCUT2D eigenvalue weighted by molar-refractivity contribution is -0.141. The number of methoxy groups -OCH3 is 2. The van der Waals surface area contributed by atoms with E-state index in [9.17, 15) is 4.79 Å². The Kier molecular flexibility index (Phi) is 9.42. The van der Waals surface area contributed by atoms with Crippen molar-refractivity contribution in [3.8, 4) is 23.0 Å². The van der Waals surface area contributed by atoms with Gasteiger partial charge in [-0.1, -0.05) is 72.8 Å². The molecular weight excluding hydrogens is 516 g/mol. The SMILES string of the molecule is COc1ccc(C[C@H]2COC(=O)[C@@H]2Cc2ccc(OCc3ccccc3)c(OCCc3ccccc3)c2)cc1OC. The molecule has 0 saturated carbocycles. The zero-order chi connectivity index (χ0) is 28.4. The molecule has 41 heavy (non-hydrogen) atoms. The quantitative estimate of drug-likeness (QED) is 0.177. The fourth-order valence-corrected chi connectivity index (χ4v) is 5.19. The maximum Gasteiger partial charge on any atom is 0.309 e. The Morgan fingerprint density at radius 2 is 1.29 bits per heavy atom. The predicted octanol–water partition coefficient (Wildman–Crippen LogP) is 6.48. The molecule has 1 fully saturated rings. The first-order chi connectivity index (χ1) is 20.1. The maximum atomic E-state index is 12.8. The number of rotatable bonds is 13. The fraction of sp³-hybridized carbons (Fsp3) is 0.286. The van der Waals surface area contributed by atoms with Crippen molar-refractivity contribution in [1.82, 2.24) is 0 Å². The molecule has 6 heteroatoms. The second-order valence-electron chi connectivity index (χ2n) is 10.2. The van der Waals surface area contributed by atoms with Crippen molar-refractivity contribution in [2.75, 3.05) is 27.4 Å². The summed E-state index contributed by atoms with van der Waals surface area (Å²) in [6, 6.07) is 32.2. The summed E-state index contributed by atoms with van der Waals surface area (Å²) >= 11 is 0. The van der Waals surface area contributed by atoms with Crippen molar-refractivity contribution in [1.29, 1.82) is 0 Å². The minimum atomic E-state index is -0.253. The molecule has 4 aromatic carbocycles. The van der Waals surface area contributed by atoms with E-state index in [1.54, 1.807) is 14.2 Å². The molecule has 6 nitrogen and oxygen atoms in total. The molecule has 0 amide bonds. The van der Waals surface area contributed by atoms with Crippen LogP contribution in [0.2, 0.25) is 0 Å². The Morgan fingerprint density at radius 1 is 0.659 bits per heavy atom. The highest BCUT2D eigenvalue weighted by Gasteiger charge is 2.37. The third kappa shape index (κ3) is 7.40. The topological polar surface area (TPSA) is 63.2 Å². The summed E-state index contributed by atoms with van der Waals surface area (Å²) in [5.41, 5.74) is 4.37. The van der Waals surface area contributed by atoms with Crippen molar-refractivity contribution < 1.29 is 28.5 Å². The van der Waals surface area contributed by atoms with Crippen molar-refractivity contribution in [3.63, 3.8) is 0 Å². The Labute approximate surface area is 241 Å². The van der Waals surface area contributed by atoms with Crippen LogP contribution in [0, 0.1) is 11.8 Å². The first-order valence-corrected chi connectivity index (χ1v) is 14.0. The number of carbonyl (C=O) groups excluding carboxylic acids is 1. The molecule has 1 aliphatic rings. The minimum absolute atomic E-state index is 0.0528. The smallest absolute Gasteiger partial charge is 0.309 e. The van der Waals surface area contributed by atoms with Gasteiger partial charge in [0.1, 0.15) is 6.61 Å². The summed E-state index contributed by atoms with van der Waals surface area (Å²) in [5, 5.41) is 0.